The molecule has 0 spiro atoms. The summed E-state index contributed by atoms with van der Waals surface area (Å²) in [5.41, 5.74) is 2.44. The number of aliphatic carboxylic acids is 1. The van der Waals surface area contributed by atoms with E-state index < -0.39 is 5.97 Å². The number of carbonyl (C=O) groups is 1. The third kappa shape index (κ3) is 0.947. The lowest BCUT2D eigenvalue weighted by atomic mass is 10.0. The Kier molecular flexibility index (Phi) is 1.49. The maximum Gasteiger partial charge on any atom is 0.307 e. The highest BCUT2D eigenvalue weighted by atomic mass is 35.5. The Morgan fingerprint density at radius 1 is 1.50 bits per heavy atom. The van der Waals surface area contributed by atoms with Crippen molar-refractivity contribution >= 4 is 17.6 Å². The number of hydrogen-bond acceptors (Lipinski definition) is 1. The topological polar surface area (TPSA) is 37.3 Å². The Morgan fingerprint density at radius 3 is 3.00 bits per heavy atom. The van der Waals surface area contributed by atoms with Gasteiger partial charge in [0.2, 0.25) is 0 Å². The standard InChI is InChI=1S/C11H9ClO2/c12-6-2-1-5-3-8-9(7(5)4-6)10(8)11(13)14/h1-2,4,8-10H,3H2,(H,13,14)/t8-,9+,10+/m0/s1. The Morgan fingerprint density at radius 2 is 2.29 bits per heavy atom. The molecule has 3 heteroatoms. The predicted octanol–water partition coefficient (Wildman–Crippen LogP) is 2.31. The molecule has 0 saturated heterocycles. The van der Waals surface area contributed by atoms with Gasteiger partial charge in [-0.15, -0.1) is 0 Å². The second-order valence-electron chi connectivity index (χ2n) is 4.10. The van der Waals surface area contributed by atoms with Gasteiger partial charge in [0.05, 0.1) is 5.92 Å². The number of rotatable bonds is 1. The van der Waals surface area contributed by atoms with E-state index >= 15 is 0 Å². The van der Waals surface area contributed by atoms with Gasteiger partial charge in [-0.2, -0.15) is 0 Å². The van der Waals surface area contributed by atoms with Crippen molar-refractivity contribution in [2.24, 2.45) is 11.8 Å². The summed E-state index contributed by atoms with van der Waals surface area (Å²) in [6.07, 6.45) is 0.911. The average molecular weight is 209 g/mol. The molecule has 1 saturated carbocycles. The molecule has 0 aromatic heterocycles. The minimum atomic E-state index is -0.661. The molecule has 2 aliphatic rings. The van der Waals surface area contributed by atoms with Gasteiger partial charge in [-0.05, 0) is 35.6 Å². The maximum absolute atomic E-state index is 10.8. The molecule has 2 aliphatic carbocycles. The molecule has 0 unspecified atom stereocenters. The first-order valence-corrected chi connectivity index (χ1v) is 5.07. The molecule has 1 fully saturated rings. The van der Waals surface area contributed by atoms with Gasteiger partial charge < -0.3 is 5.11 Å². The Hall–Kier alpha value is -1.02. The van der Waals surface area contributed by atoms with Gasteiger partial charge in [0.25, 0.3) is 0 Å². The molecule has 0 amide bonds. The van der Waals surface area contributed by atoms with Gasteiger partial charge in [0.15, 0.2) is 0 Å². The third-order valence-electron chi connectivity index (χ3n) is 3.38. The number of carboxylic acids is 1. The quantitative estimate of drug-likeness (QED) is 0.769. The fourth-order valence-corrected chi connectivity index (χ4v) is 2.89. The van der Waals surface area contributed by atoms with Crippen LogP contribution in [-0.4, -0.2) is 11.1 Å². The zero-order valence-electron chi connectivity index (χ0n) is 7.40. The van der Waals surface area contributed by atoms with Gasteiger partial charge in [-0.3, -0.25) is 4.79 Å². The van der Waals surface area contributed by atoms with Crippen molar-refractivity contribution in [2.45, 2.75) is 12.3 Å². The normalized spacial score (nSPS) is 32.2. The van der Waals surface area contributed by atoms with Crippen LogP contribution in [0.2, 0.25) is 5.02 Å². The summed E-state index contributed by atoms with van der Waals surface area (Å²) in [7, 11) is 0. The van der Waals surface area contributed by atoms with Crippen molar-refractivity contribution in [2.75, 3.05) is 0 Å². The van der Waals surface area contributed by atoms with Gasteiger partial charge in [-0.25, -0.2) is 0 Å². The highest BCUT2D eigenvalue weighted by molar-refractivity contribution is 6.30. The van der Waals surface area contributed by atoms with Crippen LogP contribution in [0.4, 0.5) is 0 Å². The van der Waals surface area contributed by atoms with Crippen molar-refractivity contribution in [1.29, 1.82) is 0 Å². The van der Waals surface area contributed by atoms with E-state index in [0.717, 1.165) is 12.0 Å². The SMILES string of the molecule is O=C(O)[C@@H]1[C@H]2Cc3ccc(Cl)cc3[C@H]21. The van der Waals surface area contributed by atoms with Crippen molar-refractivity contribution in [3.8, 4) is 0 Å². The first kappa shape index (κ1) is 8.30. The largest absolute Gasteiger partial charge is 0.481 e. The molecule has 2 nitrogen and oxygen atoms in total. The molecule has 14 heavy (non-hydrogen) atoms. The van der Waals surface area contributed by atoms with Crippen LogP contribution in [0.15, 0.2) is 18.2 Å². The molecule has 1 N–H and O–H groups in total. The van der Waals surface area contributed by atoms with Gasteiger partial charge in [0, 0.05) is 10.9 Å². The van der Waals surface area contributed by atoms with E-state index in [1.54, 1.807) is 0 Å². The Labute approximate surface area is 86.5 Å². The van der Waals surface area contributed by atoms with Crippen molar-refractivity contribution in [3.63, 3.8) is 0 Å². The number of hydrogen-bond donors (Lipinski definition) is 1. The molecule has 0 bridgehead atoms. The number of halogens is 1. The molecule has 3 atom stereocenters. The average Bonchev–Trinajstić information content (AvgIpc) is 2.73. The van der Waals surface area contributed by atoms with Crippen molar-refractivity contribution in [3.05, 3.63) is 34.3 Å². The van der Waals surface area contributed by atoms with Gasteiger partial charge in [0.1, 0.15) is 0 Å². The van der Waals surface area contributed by atoms with E-state index in [2.05, 4.69) is 0 Å². The summed E-state index contributed by atoms with van der Waals surface area (Å²) in [6, 6.07) is 5.81. The van der Waals surface area contributed by atoms with Crippen LogP contribution in [0.3, 0.4) is 0 Å². The maximum atomic E-state index is 10.8. The van der Waals surface area contributed by atoms with Crippen LogP contribution in [0.5, 0.6) is 0 Å². The molecule has 1 aromatic rings. The van der Waals surface area contributed by atoms with Crippen LogP contribution >= 0.6 is 11.6 Å². The minimum absolute atomic E-state index is 0.152. The summed E-state index contributed by atoms with van der Waals surface area (Å²) in [4.78, 5) is 10.8. The van der Waals surface area contributed by atoms with Crippen LogP contribution < -0.4 is 0 Å². The van der Waals surface area contributed by atoms with E-state index in [1.807, 2.05) is 18.2 Å². The summed E-state index contributed by atoms with van der Waals surface area (Å²) in [6.45, 7) is 0. The summed E-state index contributed by atoms with van der Waals surface area (Å²) >= 11 is 5.89. The molecule has 0 aliphatic heterocycles. The number of carboxylic acid groups (broad SMARTS) is 1. The summed E-state index contributed by atoms with van der Waals surface area (Å²) in [5.74, 6) is -0.242. The van der Waals surface area contributed by atoms with E-state index in [0.29, 0.717) is 10.9 Å². The first-order valence-electron chi connectivity index (χ1n) is 4.69. The van der Waals surface area contributed by atoms with Gasteiger partial charge >= 0.3 is 5.97 Å². The highest BCUT2D eigenvalue weighted by Crippen LogP contribution is 2.61. The summed E-state index contributed by atoms with van der Waals surface area (Å²) < 4.78 is 0. The second-order valence-corrected chi connectivity index (χ2v) is 4.54. The van der Waals surface area contributed by atoms with Crippen LogP contribution in [0, 0.1) is 11.8 Å². The van der Waals surface area contributed by atoms with E-state index in [9.17, 15) is 4.79 Å². The van der Waals surface area contributed by atoms with Crippen molar-refractivity contribution in [1.82, 2.24) is 0 Å². The predicted molar refractivity (Wildman–Crippen MR) is 52.5 cm³/mol. The molecule has 0 radical (unpaired) electrons. The first-order chi connectivity index (χ1) is 6.68. The monoisotopic (exact) mass is 208 g/mol. The Balaban J connectivity index is 2.01. The molecule has 72 valence electrons. The van der Waals surface area contributed by atoms with Crippen LogP contribution in [0.25, 0.3) is 0 Å². The zero-order chi connectivity index (χ0) is 9.87. The smallest absolute Gasteiger partial charge is 0.307 e. The van der Waals surface area contributed by atoms with E-state index in [4.69, 9.17) is 16.7 Å². The fourth-order valence-electron chi connectivity index (χ4n) is 2.70. The molecular formula is C11H9ClO2. The molecule has 3 rings (SSSR count). The lowest BCUT2D eigenvalue weighted by Gasteiger charge is -2.04. The number of fused-ring (bicyclic) bond motifs is 3. The van der Waals surface area contributed by atoms with E-state index in [1.165, 1.54) is 5.56 Å². The van der Waals surface area contributed by atoms with Gasteiger partial charge in [-0.1, -0.05) is 17.7 Å². The third-order valence-corrected chi connectivity index (χ3v) is 3.61. The molecular weight excluding hydrogens is 200 g/mol. The second kappa shape index (κ2) is 2.51. The zero-order valence-corrected chi connectivity index (χ0v) is 8.16. The lowest BCUT2D eigenvalue weighted by Crippen LogP contribution is -2.04. The van der Waals surface area contributed by atoms with Crippen LogP contribution in [0.1, 0.15) is 17.0 Å². The Bertz CT molecular complexity index is 427. The minimum Gasteiger partial charge on any atom is -0.481 e. The fraction of sp³-hybridized carbons (Fsp3) is 0.364. The van der Waals surface area contributed by atoms with Crippen molar-refractivity contribution < 1.29 is 9.90 Å². The molecule has 1 aromatic carbocycles. The highest BCUT2D eigenvalue weighted by Gasteiger charge is 2.59. The molecule has 0 heterocycles. The lowest BCUT2D eigenvalue weighted by molar-refractivity contribution is -0.139. The number of benzene rings is 1. The van der Waals surface area contributed by atoms with Crippen LogP contribution in [-0.2, 0) is 11.2 Å². The van der Waals surface area contributed by atoms with E-state index in [-0.39, 0.29) is 11.8 Å². The summed E-state index contributed by atoms with van der Waals surface area (Å²) in [5, 5.41) is 9.63.